The highest BCUT2D eigenvalue weighted by atomic mass is 16.5. The smallest absolute Gasteiger partial charge is 0.122 e. The van der Waals surface area contributed by atoms with Gasteiger partial charge in [-0.1, -0.05) is 0 Å². The molecule has 4 heterocycles. The third-order valence-corrected chi connectivity index (χ3v) is 6.29. The number of aromatic nitrogens is 4. The highest BCUT2D eigenvalue weighted by molar-refractivity contribution is 4.97. The molecule has 2 saturated heterocycles. The quantitative estimate of drug-likeness (QED) is 0.773. The molecule has 1 unspecified atom stereocenters. The molecule has 2 aromatic heterocycles. The van der Waals surface area contributed by atoms with E-state index >= 15 is 0 Å². The Bertz CT molecular complexity index is 704. The van der Waals surface area contributed by atoms with Gasteiger partial charge in [0.2, 0.25) is 0 Å². The molecule has 7 heteroatoms. The van der Waals surface area contributed by atoms with Gasteiger partial charge in [0.15, 0.2) is 0 Å². The van der Waals surface area contributed by atoms with Crippen molar-refractivity contribution in [1.82, 2.24) is 29.1 Å². The van der Waals surface area contributed by atoms with Crippen LogP contribution < -0.4 is 0 Å². The fourth-order valence-electron chi connectivity index (χ4n) is 4.35. The standard InChI is InChI=1S/C20H32N6O/c1-18(4-10-26-9-3-7-22-26)25-14-15-27-20(17-25)5-11-24(12-6-20)16-19-21-8-13-23(19)2/h3,7-9,13,18H,4-6,10-12,14-17H2,1-2H3. The molecule has 148 valence electrons. The Labute approximate surface area is 161 Å². The lowest BCUT2D eigenvalue weighted by atomic mass is 9.88. The number of imidazole rings is 1. The monoisotopic (exact) mass is 372 g/mol. The summed E-state index contributed by atoms with van der Waals surface area (Å²) in [6, 6.07) is 2.55. The molecule has 4 rings (SSSR count). The van der Waals surface area contributed by atoms with E-state index in [-0.39, 0.29) is 5.60 Å². The first-order valence-corrected chi connectivity index (χ1v) is 10.2. The van der Waals surface area contributed by atoms with Gasteiger partial charge in [-0.3, -0.25) is 14.5 Å². The Kier molecular flexibility index (Phi) is 5.61. The molecule has 27 heavy (non-hydrogen) atoms. The highest BCUT2D eigenvalue weighted by Crippen LogP contribution is 2.31. The average molecular weight is 373 g/mol. The van der Waals surface area contributed by atoms with Gasteiger partial charge in [-0.25, -0.2) is 4.98 Å². The summed E-state index contributed by atoms with van der Waals surface area (Å²) in [6.45, 7) is 9.39. The summed E-state index contributed by atoms with van der Waals surface area (Å²) in [4.78, 5) is 9.60. The number of hydrogen-bond donors (Lipinski definition) is 0. The van der Waals surface area contributed by atoms with E-state index in [1.807, 2.05) is 35.5 Å². The minimum absolute atomic E-state index is 0.0380. The van der Waals surface area contributed by atoms with Gasteiger partial charge in [0.25, 0.3) is 0 Å². The van der Waals surface area contributed by atoms with Gasteiger partial charge in [-0.2, -0.15) is 5.10 Å². The number of hydrogen-bond acceptors (Lipinski definition) is 5. The minimum atomic E-state index is 0.0380. The lowest BCUT2D eigenvalue weighted by molar-refractivity contribution is -0.143. The first-order valence-electron chi connectivity index (χ1n) is 10.2. The number of ether oxygens (including phenoxy) is 1. The number of piperidine rings is 1. The first kappa shape index (κ1) is 18.7. The number of morpholine rings is 1. The molecule has 0 aliphatic carbocycles. The van der Waals surface area contributed by atoms with Crippen molar-refractivity contribution in [2.45, 2.75) is 50.9 Å². The molecule has 0 N–H and O–H groups in total. The zero-order valence-electron chi connectivity index (χ0n) is 16.6. The average Bonchev–Trinajstić information content (AvgIpc) is 3.34. The molecule has 0 amide bonds. The molecule has 0 aromatic carbocycles. The lowest BCUT2D eigenvalue weighted by Gasteiger charge is -2.48. The molecule has 0 radical (unpaired) electrons. The lowest BCUT2D eigenvalue weighted by Crippen LogP contribution is -2.58. The second kappa shape index (κ2) is 8.12. The van der Waals surface area contributed by atoms with Crippen LogP contribution in [0, 0.1) is 0 Å². The van der Waals surface area contributed by atoms with Gasteiger partial charge in [0.05, 0.1) is 18.8 Å². The van der Waals surface area contributed by atoms with E-state index in [1.54, 1.807) is 0 Å². The summed E-state index contributed by atoms with van der Waals surface area (Å²) in [6.07, 6.45) is 11.2. The molecule has 2 fully saturated rings. The van der Waals surface area contributed by atoms with Gasteiger partial charge in [-0.05, 0) is 32.3 Å². The summed E-state index contributed by atoms with van der Waals surface area (Å²) in [5.41, 5.74) is 0.0380. The molecule has 7 nitrogen and oxygen atoms in total. The predicted molar refractivity (Wildman–Crippen MR) is 104 cm³/mol. The predicted octanol–water partition coefficient (Wildman–Crippen LogP) is 1.76. The van der Waals surface area contributed by atoms with Gasteiger partial charge < -0.3 is 9.30 Å². The van der Waals surface area contributed by atoms with E-state index in [4.69, 9.17) is 4.74 Å². The molecular formula is C20H32N6O. The third kappa shape index (κ3) is 4.42. The van der Waals surface area contributed by atoms with E-state index in [2.05, 4.69) is 38.4 Å². The van der Waals surface area contributed by atoms with E-state index < -0.39 is 0 Å². The van der Waals surface area contributed by atoms with Gasteiger partial charge in [0, 0.05) is 70.6 Å². The van der Waals surface area contributed by atoms with Crippen molar-refractivity contribution in [3.63, 3.8) is 0 Å². The van der Waals surface area contributed by atoms with Crippen LogP contribution in [0.3, 0.4) is 0 Å². The van der Waals surface area contributed by atoms with Crippen molar-refractivity contribution in [3.8, 4) is 0 Å². The van der Waals surface area contributed by atoms with E-state index in [0.717, 1.165) is 71.0 Å². The van der Waals surface area contributed by atoms with Gasteiger partial charge in [-0.15, -0.1) is 0 Å². The maximum Gasteiger partial charge on any atom is 0.122 e. The molecule has 0 bridgehead atoms. The second-order valence-electron chi connectivity index (χ2n) is 8.14. The molecule has 0 saturated carbocycles. The Morgan fingerprint density at radius 2 is 2.04 bits per heavy atom. The summed E-state index contributed by atoms with van der Waals surface area (Å²) in [7, 11) is 2.07. The molecule has 2 aliphatic rings. The molecule has 2 aromatic rings. The van der Waals surface area contributed by atoms with Crippen LogP contribution in [-0.4, -0.2) is 73.6 Å². The Balaban J connectivity index is 1.28. The Morgan fingerprint density at radius 3 is 2.74 bits per heavy atom. The fraction of sp³-hybridized carbons (Fsp3) is 0.700. The van der Waals surface area contributed by atoms with Gasteiger partial charge >= 0.3 is 0 Å². The Hall–Kier alpha value is -1.70. The first-order chi connectivity index (χ1) is 13.1. The summed E-state index contributed by atoms with van der Waals surface area (Å²) >= 11 is 0. The van der Waals surface area contributed by atoms with Crippen LogP contribution in [0.25, 0.3) is 0 Å². The number of likely N-dealkylation sites (tertiary alicyclic amines) is 1. The maximum absolute atomic E-state index is 6.34. The maximum atomic E-state index is 6.34. The normalized spacial score (nSPS) is 22.3. The van der Waals surface area contributed by atoms with Crippen LogP contribution in [0.5, 0.6) is 0 Å². The topological polar surface area (TPSA) is 51.4 Å². The van der Waals surface area contributed by atoms with Crippen molar-refractivity contribution < 1.29 is 4.74 Å². The molecular weight excluding hydrogens is 340 g/mol. The van der Waals surface area contributed by atoms with E-state index in [9.17, 15) is 0 Å². The van der Waals surface area contributed by atoms with Crippen LogP contribution >= 0.6 is 0 Å². The van der Waals surface area contributed by atoms with Crippen LogP contribution in [0.2, 0.25) is 0 Å². The zero-order chi connectivity index (χ0) is 18.7. The number of nitrogens with zero attached hydrogens (tertiary/aromatic N) is 6. The van der Waals surface area contributed by atoms with Crippen molar-refractivity contribution >= 4 is 0 Å². The molecule has 2 aliphatic heterocycles. The van der Waals surface area contributed by atoms with Crippen LogP contribution in [-0.2, 0) is 24.9 Å². The minimum Gasteiger partial charge on any atom is -0.372 e. The Morgan fingerprint density at radius 1 is 1.19 bits per heavy atom. The molecule has 1 spiro atoms. The number of rotatable bonds is 6. The van der Waals surface area contributed by atoms with Crippen LogP contribution in [0.1, 0.15) is 32.0 Å². The van der Waals surface area contributed by atoms with Crippen molar-refractivity contribution in [1.29, 1.82) is 0 Å². The zero-order valence-corrected chi connectivity index (χ0v) is 16.6. The van der Waals surface area contributed by atoms with Crippen LogP contribution in [0.15, 0.2) is 30.9 Å². The van der Waals surface area contributed by atoms with E-state index in [1.165, 1.54) is 0 Å². The molecule has 1 atom stereocenters. The summed E-state index contributed by atoms with van der Waals surface area (Å²) < 4.78 is 10.5. The van der Waals surface area contributed by atoms with Crippen molar-refractivity contribution in [2.75, 3.05) is 32.8 Å². The number of aryl methyl sites for hydroxylation is 2. The van der Waals surface area contributed by atoms with E-state index in [0.29, 0.717) is 6.04 Å². The largest absolute Gasteiger partial charge is 0.372 e. The summed E-state index contributed by atoms with van der Waals surface area (Å²) in [5.74, 6) is 1.14. The second-order valence-corrected chi connectivity index (χ2v) is 8.14. The highest BCUT2D eigenvalue weighted by Gasteiger charge is 2.40. The van der Waals surface area contributed by atoms with Crippen LogP contribution in [0.4, 0.5) is 0 Å². The van der Waals surface area contributed by atoms with Crippen molar-refractivity contribution in [2.24, 2.45) is 7.05 Å². The van der Waals surface area contributed by atoms with Crippen molar-refractivity contribution in [3.05, 3.63) is 36.7 Å². The fourth-order valence-corrected chi connectivity index (χ4v) is 4.35. The van der Waals surface area contributed by atoms with Gasteiger partial charge in [0.1, 0.15) is 5.82 Å². The summed E-state index contributed by atoms with van der Waals surface area (Å²) in [5, 5.41) is 4.32. The third-order valence-electron chi connectivity index (χ3n) is 6.29. The SMILES string of the molecule is CC(CCn1cccn1)N1CCOC2(CCN(Cc3nccn3C)CC2)C1.